The summed E-state index contributed by atoms with van der Waals surface area (Å²) in [5.41, 5.74) is -0.159. The van der Waals surface area contributed by atoms with E-state index in [2.05, 4.69) is 25.2 Å². The number of pyridine rings is 1. The summed E-state index contributed by atoms with van der Waals surface area (Å²) in [5.74, 6) is -0.280. The van der Waals surface area contributed by atoms with Gasteiger partial charge in [-0.15, -0.1) is 0 Å². The first-order chi connectivity index (χ1) is 18.6. The van der Waals surface area contributed by atoms with E-state index in [-0.39, 0.29) is 29.4 Å². The lowest BCUT2D eigenvalue weighted by molar-refractivity contribution is -0.142. The van der Waals surface area contributed by atoms with Crippen LogP contribution in [0.25, 0.3) is 0 Å². The molecule has 4 heterocycles. The van der Waals surface area contributed by atoms with E-state index in [1.54, 1.807) is 26.4 Å². The van der Waals surface area contributed by atoms with E-state index in [0.717, 1.165) is 31.4 Å². The fourth-order valence-electron chi connectivity index (χ4n) is 5.97. The van der Waals surface area contributed by atoms with Gasteiger partial charge in [0.05, 0.1) is 23.8 Å². The minimum absolute atomic E-state index is 0.196. The SMILES string of the molecule is CC(=O)N1c2cnc(Nc3ccc(N4CCN(C(=O)O)CC4)cn3)nc2C(O)(C2CCCC2)C1C(=O)N(C)C. The molecule has 3 amide bonds. The molecule has 2 aromatic rings. The number of fused-ring (bicyclic) bond motifs is 1. The van der Waals surface area contributed by atoms with Gasteiger partial charge in [0.1, 0.15) is 17.1 Å². The molecule has 13 heteroatoms. The summed E-state index contributed by atoms with van der Waals surface area (Å²) in [6, 6.07) is 2.54. The second-order valence-electron chi connectivity index (χ2n) is 10.5. The van der Waals surface area contributed by atoms with Crippen LogP contribution in [0.4, 0.5) is 27.9 Å². The zero-order valence-electron chi connectivity index (χ0n) is 22.4. The summed E-state index contributed by atoms with van der Waals surface area (Å²) in [6.45, 7) is 3.38. The van der Waals surface area contributed by atoms with Crippen molar-refractivity contribution in [1.82, 2.24) is 24.8 Å². The van der Waals surface area contributed by atoms with Crippen molar-refractivity contribution in [2.24, 2.45) is 5.92 Å². The van der Waals surface area contributed by atoms with Gasteiger partial charge in [-0.3, -0.25) is 14.5 Å². The zero-order chi connectivity index (χ0) is 27.9. The largest absolute Gasteiger partial charge is 0.465 e. The van der Waals surface area contributed by atoms with Crippen LogP contribution in [-0.4, -0.2) is 99.2 Å². The molecule has 2 aliphatic heterocycles. The Bertz CT molecular complexity index is 1260. The highest BCUT2D eigenvalue weighted by atomic mass is 16.4. The van der Waals surface area contributed by atoms with Crippen LogP contribution in [0.2, 0.25) is 0 Å². The first-order valence-corrected chi connectivity index (χ1v) is 13.2. The first-order valence-electron chi connectivity index (χ1n) is 13.2. The summed E-state index contributed by atoms with van der Waals surface area (Å²) >= 11 is 0. The predicted octanol–water partition coefficient (Wildman–Crippen LogP) is 1.62. The van der Waals surface area contributed by atoms with Crippen molar-refractivity contribution < 1.29 is 24.6 Å². The van der Waals surface area contributed by atoms with Crippen molar-refractivity contribution in [3.8, 4) is 0 Å². The molecule has 39 heavy (non-hydrogen) atoms. The number of rotatable bonds is 5. The molecule has 1 saturated heterocycles. The number of carbonyl (C=O) groups is 3. The number of aliphatic hydroxyl groups is 1. The number of hydrogen-bond donors (Lipinski definition) is 3. The van der Waals surface area contributed by atoms with E-state index in [1.807, 2.05) is 6.07 Å². The van der Waals surface area contributed by atoms with Crippen molar-refractivity contribution >= 4 is 41.0 Å². The van der Waals surface area contributed by atoms with Crippen molar-refractivity contribution in [3.63, 3.8) is 0 Å². The number of nitrogens with zero attached hydrogens (tertiary/aromatic N) is 7. The lowest BCUT2D eigenvalue weighted by atomic mass is 9.78. The van der Waals surface area contributed by atoms with E-state index in [4.69, 9.17) is 5.11 Å². The summed E-state index contributed by atoms with van der Waals surface area (Å²) in [4.78, 5) is 57.0. The van der Waals surface area contributed by atoms with Crippen molar-refractivity contribution in [2.45, 2.75) is 44.2 Å². The second-order valence-corrected chi connectivity index (χ2v) is 10.5. The van der Waals surface area contributed by atoms with Gasteiger partial charge in [0, 0.05) is 47.2 Å². The number of likely N-dealkylation sites (N-methyl/N-ethyl adjacent to an activating group) is 1. The molecule has 1 saturated carbocycles. The highest BCUT2D eigenvalue weighted by Crippen LogP contribution is 2.52. The van der Waals surface area contributed by atoms with Crippen LogP contribution in [0.15, 0.2) is 24.5 Å². The standard InChI is InChI=1S/C26H34N8O5/c1-16(35)34-19-15-28-24(29-20-9-8-18(14-27-20)32-10-12-33(13-11-32)25(37)38)30-21(19)26(39,17-6-4-5-7-17)22(34)23(36)31(2)3/h8-9,14-15,17,22,39H,4-7,10-13H2,1-3H3,(H,37,38)(H,27,28,29,30). The van der Waals surface area contributed by atoms with Crippen LogP contribution in [0.1, 0.15) is 38.3 Å². The van der Waals surface area contributed by atoms with E-state index in [9.17, 15) is 19.5 Å². The number of hydrogen-bond acceptors (Lipinski definition) is 9. The van der Waals surface area contributed by atoms with Crippen molar-refractivity contribution in [1.29, 1.82) is 0 Å². The Kier molecular flexibility index (Phi) is 7.02. The van der Waals surface area contributed by atoms with Gasteiger partial charge in [-0.1, -0.05) is 12.8 Å². The van der Waals surface area contributed by atoms with Gasteiger partial charge in [-0.05, 0) is 30.9 Å². The normalized spacial score (nSPS) is 23.1. The topological polar surface area (TPSA) is 155 Å². The molecule has 208 valence electrons. The molecule has 0 aromatic carbocycles. The summed E-state index contributed by atoms with van der Waals surface area (Å²) in [6.07, 6.45) is 5.59. The molecule has 0 spiro atoms. The van der Waals surface area contributed by atoms with Crippen LogP contribution in [0, 0.1) is 5.92 Å². The Hall–Kier alpha value is -4.00. The highest BCUT2D eigenvalue weighted by molar-refractivity contribution is 6.03. The van der Waals surface area contributed by atoms with Crippen LogP contribution in [0.3, 0.4) is 0 Å². The molecule has 1 aliphatic carbocycles. The maximum absolute atomic E-state index is 13.4. The first kappa shape index (κ1) is 26.6. The number of nitrogens with one attached hydrogen (secondary N) is 1. The predicted molar refractivity (Wildman–Crippen MR) is 143 cm³/mol. The third-order valence-electron chi connectivity index (χ3n) is 7.98. The molecular formula is C26H34N8O5. The molecule has 2 atom stereocenters. The lowest BCUT2D eigenvalue weighted by Crippen LogP contribution is -2.58. The Labute approximate surface area is 226 Å². The smallest absolute Gasteiger partial charge is 0.407 e. The molecule has 2 aromatic heterocycles. The molecule has 2 unspecified atom stereocenters. The zero-order valence-corrected chi connectivity index (χ0v) is 22.4. The van der Waals surface area contributed by atoms with Gasteiger partial charge in [0.15, 0.2) is 6.04 Å². The van der Waals surface area contributed by atoms with Gasteiger partial charge in [-0.25, -0.2) is 19.7 Å². The fourth-order valence-corrected chi connectivity index (χ4v) is 5.97. The number of aromatic nitrogens is 3. The average Bonchev–Trinajstić information content (AvgIpc) is 3.55. The summed E-state index contributed by atoms with van der Waals surface area (Å²) in [5, 5.41) is 24.5. The highest BCUT2D eigenvalue weighted by Gasteiger charge is 2.60. The molecule has 5 rings (SSSR count). The number of carbonyl (C=O) groups excluding carboxylic acids is 2. The Balaban J connectivity index is 1.42. The van der Waals surface area contributed by atoms with E-state index < -0.39 is 17.7 Å². The fraction of sp³-hybridized carbons (Fsp3) is 0.538. The minimum Gasteiger partial charge on any atom is -0.465 e. The van der Waals surface area contributed by atoms with Gasteiger partial charge in [-0.2, -0.15) is 0 Å². The van der Waals surface area contributed by atoms with Crippen LogP contribution in [0.5, 0.6) is 0 Å². The lowest BCUT2D eigenvalue weighted by Gasteiger charge is -2.38. The Morgan fingerprint density at radius 2 is 1.74 bits per heavy atom. The summed E-state index contributed by atoms with van der Waals surface area (Å²) in [7, 11) is 3.22. The van der Waals surface area contributed by atoms with Gasteiger partial charge < -0.3 is 30.2 Å². The molecule has 2 fully saturated rings. The molecule has 3 aliphatic rings. The van der Waals surface area contributed by atoms with E-state index in [0.29, 0.717) is 37.7 Å². The summed E-state index contributed by atoms with van der Waals surface area (Å²) < 4.78 is 0. The van der Waals surface area contributed by atoms with Gasteiger partial charge in [0.2, 0.25) is 17.8 Å². The molecule has 0 bridgehead atoms. The van der Waals surface area contributed by atoms with E-state index in [1.165, 1.54) is 27.8 Å². The Morgan fingerprint density at radius 1 is 1.05 bits per heavy atom. The van der Waals surface area contributed by atoms with Crippen LogP contribution in [-0.2, 0) is 15.2 Å². The minimum atomic E-state index is -1.65. The molecule has 13 nitrogen and oxygen atoms in total. The van der Waals surface area contributed by atoms with Crippen molar-refractivity contribution in [3.05, 3.63) is 30.2 Å². The number of amides is 3. The van der Waals surface area contributed by atoms with Crippen molar-refractivity contribution in [2.75, 3.05) is 55.4 Å². The monoisotopic (exact) mass is 538 g/mol. The maximum Gasteiger partial charge on any atom is 0.407 e. The number of anilines is 4. The second kappa shape index (κ2) is 10.3. The van der Waals surface area contributed by atoms with Gasteiger partial charge in [0.25, 0.3) is 0 Å². The molecule has 0 radical (unpaired) electrons. The average molecular weight is 539 g/mol. The number of carboxylic acid groups (broad SMARTS) is 1. The number of piperazine rings is 1. The maximum atomic E-state index is 13.4. The Morgan fingerprint density at radius 3 is 2.31 bits per heavy atom. The van der Waals surface area contributed by atoms with E-state index >= 15 is 0 Å². The molecule has 3 N–H and O–H groups in total. The third kappa shape index (κ3) is 4.71. The van der Waals surface area contributed by atoms with Crippen LogP contribution < -0.4 is 15.1 Å². The quantitative estimate of drug-likeness (QED) is 0.511. The van der Waals surface area contributed by atoms with Crippen LogP contribution >= 0.6 is 0 Å². The third-order valence-corrected chi connectivity index (χ3v) is 7.98. The van der Waals surface area contributed by atoms with Gasteiger partial charge >= 0.3 is 6.09 Å². The molecular weight excluding hydrogens is 504 g/mol.